The second-order valence-electron chi connectivity index (χ2n) is 1.79. The average Bonchev–Trinajstić information content (AvgIpc) is 2.33. The van der Waals surface area contributed by atoms with Gasteiger partial charge in [0.05, 0.1) is 0 Å². The third kappa shape index (κ3) is 0.859. The van der Waals surface area contributed by atoms with Crippen molar-refractivity contribution in [1.82, 2.24) is 19.8 Å². The largest absolute Gasteiger partial charge is 0.200 e. The predicted octanol–water partition coefficient (Wildman–Crippen LogP) is 0.729. The number of nitrogens with zero attached hydrogens (tertiary/aromatic N) is 4. The Morgan fingerprint density at radius 1 is 1.40 bits per heavy atom. The molecule has 0 atom stereocenters. The molecule has 0 saturated carbocycles. The van der Waals surface area contributed by atoms with Gasteiger partial charge in [-0.05, 0) is 34.7 Å². The van der Waals surface area contributed by atoms with E-state index >= 15 is 0 Å². The first-order valence-electron chi connectivity index (χ1n) is 2.69. The summed E-state index contributed by atoms with van der Waals surface area (Å²) in [6.07, 6.45) is 1.58. The van der Waals surface area contributed by atoms with Gasteiger partial charge in [-0.3, -0.25) is 0 Å². The zero-order valence-corrected chi connectivity index (χ0v) is 7.06. The van der Waals surface area contributed by atoms with E-state index in [1.807, 2.05) is 12.1 Å². The third-order valence-corrected chi connectivity index (χ3v) is 1.70. The molecule has 0 unspecified atom stereocenters. The molecule has 2 aromatic rings. The quantitative estimate of drug-likeness (QED) is 0.643. The van der Waals surface area contributed by atoms with E-state index in [2.05, 4.69) is 37.9 Å². The maximum Gasteiger partial charge on any atom is 0.177 e. The summed E-state index contributed by atoms with van der Waals surface area (Å²) in [4.78, 5) is 0. The fraction of sp³-hybridized carbons (Fsp3) is 0. The SMILES string of the molecule is Ic1ccc2nncn2n1. The minimum atomic E-state index is 0.778. The van der Waals surface area contributed by atoms with Crippen LogP contribution in [0.5, 0.6) is 0 Å². The molecule has 0 aliphatic carbocycles. The molecule has 5 heteroatoms. The van der Waals surface area contributed by atoms with E-state index in [0.717, 1.165) is 9.35 Å². The normalized spacial score (nSPS) is 10.5. The number of hydrogen-bond donors (Lipinski definition) is 0. The highest BCUT2D eigenvalue weighted by Crippen LogP contribution is 2.00. The molecule has 0 fully saturated rings. The van der Waals surface area contributed by atoms with Crippen molar-refractivity contribution in [3.05, 3.63) is 22.2 Å². The van der Waals surface area contributed by atoms with E-state index in [1.54, 1.807) is 10.8 Å². The fourth-order valence-electron chi connectivity index (χ4n) is 0.705. The van der Waals surface area contributed by atoms with Crippen molar-refractivity contribution in [3.8, 4) is 0 Å². The van der Waals surface area contributed by atoms with Crippen LogP contribution < -0.4 is 0 Å². The summed E-state index contributed by atoms with van der Waals surface area (Å²) in [7, 11) is 0. The third-order valence-electron chi connectivity index (χ3n) is 1.13. The first-order valence-corrected chi connectivity index (χ1v) is 3.77. The number of halogens is 1. The summed E-state index contributed by atoms with van der Waals surface area (Å²) in [5.74, 6) is 0. The second kappa shape index (κ2) is 2.15. The Hall–Kier alpha value is -0.720. The zero-order valence-electron chi connectivity index (χ0n) is 4.90. The zero-order chi connectivity index (χ0) is 6.97. The highest BCUT2D eigenvalue weighted by Gasteiger charge is 1.93. The smallest absolute Gasteiger partial charge is 0.177 e. The van der Waals surface area contributed by atoms with Crippen molar-refractivity contribution in [1.29, 1.82) is 0 Å². The molecule has 0 aliphatic rings. The monoisotopic (exact) mass is 246 g/mol. The van der Waals surface area contributed by atoms with Gasteiger partial charge in [0.15, 0.2) is 5.65 Å². The number of rotatable bonds is 0. The molecule has 2 heterocycles. The van der Waals surface area contributed by atoms with Gasteiger partial charge in [-0.25, -0.2) is 0 Å². The molecule has 10 heavy (non-hydrogen) atoms. The Bertz CT molecular complexity index is 355. The van der Waals surface area contributed by atoms with Gasteiger partial charge in [0, 0.05) is 0 Å². The summed E-state index contributed by atoms with van der Waals surface area (Å²) in [6.45, 7) is 0. The second-order valence-corrected chi connectivity index (χ2v) is 2.90. The summed E-state index contributed by atoms with van der Waals surface area (Å²) >= 11 is 2.14. The van der Waals surface area contributed by atoms with Crippen molar-refractivity contribution in [2.45, 2.75) is 0 Å². The van der Waals surface area contributed by atoms with Gasteiger partial charge in [-0.15, -0.1) is 10.2 Å². The van der Waals surface area contributed by atoms with E-state index in [-0.39, 0.29) is 0 Å². The highest BCUT2D eigenvalue weighted by molar-refractivity contribution is 14.1. The van der Waals surface area contributed by atoms with Crippen LogP contribution in [0.25, 0.3) is 5.65 Å². The lowest BCUT2D eigenvalue weighted by atomic mass is 10.6. The Labute approximate surface area is 70.4 Å². The van der Waals surface area contributed by atoms with Crippen LogP contribution in [0.4, 0.5) is 0 Å². The lowest BCUT2D eigenvalue weighted by molar-refractivity contribution is 0.906. The molecular weight excluding hydrogens is 243 g/mol. The molecule has 2 aromatic heterocycles. The minimum absolute atomic E-state index is 0.778. The predicted molar refractivity (Wildman–Crippen MR) is 43.5 cm³/mol. The molecule has 0 aliphatic heterocycles. The van der Waals surface area contributed by atoms with Crippen molar-refractivity contribution in [3.63, 3.8) is 0 Å². The molecule has 4 nitrogen and oxygen atoms in total. The molecular formula is C5H3IN4. The van der Waals surface area contributed by atoms with Gasteiger partial charge in [0.1, 0.15) is 10.0 Å². The van der Waals surface area contributed by atoms with E-state index in [9.17, 15) is 0 Å². The molecule has 0 N–H and O–H groups in total. The standard InChI is InChI=1S/C5H3IN4/c6-4-1-2-5-8-7-3-10(5)9-4/h1-3H. The van der Waals surface area contributed by atoms with Crippen molar-refractivity contribution in [2.75, 3.05) is 0 Å². The van der Waals surface area contributed by atoms with Crippen LogP contribution in [0.15, 0.2) is 18.5 Å². The van der Waals surface area contributed by atoms with Crippen LogP contribution >= 0.6 is 22.6 Å². The van der Waals surface area contributed by atoms with E-state index in [0.29, 0.717) is 0 Å². The molecule has 0 spiro atoms. The fourth-order valence-corrected chi connectivity index (χ4v) is 1.12. The summed E-state index contributed by atoms with van der Waals surface area (Å²) < 4.78 is 2.58. The summed E-state index contributed by atoms with van der Waals surface area (Å²) in [5.41, 5.74) is 0.778. The van der Waals surface area contributed by atoms with Crippen molar-refractivity contribution < 1.29 is 0 Å². The van der Waals surface area contributed by atoms with Crippen LogP contribution in [-0.2, 0) is 0 Å². The first kappa shape index (κ1) is 6.02. The van der Waals surface area contributed by atoms with Gasteiger partial charge in [0.2, 0.25) is 0 Å². The highest BCUT2D eigenvalue weighted by atomic mass is 127. The van der Waals surface area contributed by atoms with Gasteiger partial charge in [-0.2, -0.15) is 9.61 Å². The van der Waals surface area contributed by atoms with E-state index in [4.69, 9.17) is 0 Å². The molecule has 2 rings (SSSR count). The molecule has 0 saturated heterocycles. The Morgan fingerprint density at radius 2 is 2.30 bits per heavy atom. The topological polar surface area (TPSA) is 43.1 Å². The van der Waals surface area contributed by atoms with Crippen molar-refractivity contribution in [2.24, 2.45) is 0 Å². The number of fused-ring (bicyclic) bond motifs is 1. The molecule has 0 aromatic carbocycles. The molecule has 0 radical (unpaired) electrons. The van der Waals surface area contributed by atoms with Gasteiger partial charge in [-0.1, -0.05) is 0 Å². The number of aromatic nitrogens is 4. The summed E-state index contributed by atoms with van der Waals surface area (Å²) in [6, 6.07) is 3.77. The lowest BCUT2D eigenvalue weighted by Crippen LogP contribution is -1.90. The Kier molecular flexibility index (Phi) is 1.30. The lowest BCUT2D eigenvalue weighted by Gasteiger charge is -1.88. The van der Waals surface area contributed by atoms with Crippen LogP contribution in [0, 0.1) is 3.70 Å². The maximum absolute atomic E-state index is 4.11. The van der Waals surface area contributed by atoms with Crippen LogP contribution in [-0.4, -0.2) is 19.8 Å². The Morgan fingerprint density at radius 3 is 3.20 bits per heavy atom. The Balaban J connectivity index is 2.86. The van der Waals surface area contributed by atoms with Crippen LogP contribution in [0.1, 0.15) is 0 Å². The molecule has 0 amide bonds. The molecule has 0 bridgehead atoms. The van der Waals surface area contributed by atoms with Gasteiger partial charge in [0.25, 0.3) is 0 Å². The van der Waals surface area contributed by atoms with Gasteiger partial charge >= 0.3 is 0 Å². The van der Waals surface area contributed by atoms with Crippen LogP contribution in [0.3, 0.4) is 0 Å². The van der Waals surface area contributed by atoms with Crippen molar-refractivity contribution >= 4 is 28.2 Å². The average molecular weight is 246 g/mol. The maximum atomic E-state index is 4.11. The minimum Gasteiger partial charge on any atom is -0.200 e. The van der Waals surface area contributed by atoms with Gasteiger partial charge < -0.3 is 0 Å². The first-order chi connectivity index (χ1) is 4.86. The molecule has 50 valence electrons. The van der Waals surface area contributed by atoms with E-state index in [1.165, 1.54) is 0 Å². The van der Waals surface area contributed by atoms with E-state index < -0.39 is 0 Å². The summed E-state index contributed by atoms with van der Waals surface area (Å²) in [5, 5.41) is 11.6. The van der Waals surface area contributed by atoms with Crippen LogP contribution in [0.2, 0.25) is 0 Å². The number of hydrogen-bond acceptors (Lipinski definition) is 3.